The number of nitrogens with one attached hydrogen (secondary N) is 2. The van der Waals surface area contributed by atoms with Gasteiger partial charge in [-0.05, 0) is 49.8 Å². The fraction of sp³-hybridized carbons (Fsp3) is 0.611. The highest BCUT2D eigenvalue weighted by atomic mass is 127. The first-order valence-electron chi connectivity index (χ1n) is 8.75. The number of guanidine groups is 1. The maximum atomic E-state index is 12.5. The van der Waals surface area contributed by atoms with Gasteiger partial charge in [-0.1, -0.05) is 12.1 Å². The molecule has 1 fully saturated rings. The number of aliphatic imine (C=N–C) groups is 1. The number of alkyl halides is 3. The molecule has 2 N–H and O–H groups in total. The standard InChI is InChI=1S/C18H26F3N3O.HI/c1-2-22-17(24-11-12-25-13-15-3-4-15)23-10-9-14-5-7-16(8-6-14)18(19,20)21;/h5-8,15H,2-4,9-13H2,1H3,(H2,22,23,24);1H. The molecular formula is C18H27F3IN3O. The quantitative estimate of drug-likeness (QED) is 0.242. The van der Waals surface area contributed by atoms with Gasteiger partial charge in [0.1, 0.15) is 0 Å². The summed E-state index contributed by atoms with van der Waals surface area (Å²) in [6.45, 7) is 5.34. The second-order valence-electron chi connectivity index (χ2n) is 6.15. The lowest BCUT2D eigenvalue weighted by molar-refractivity contribution is -0.137. The molecule has 0 spiro atoms. The molecule has 1 aliphatic rings. The second-order valence-corrected chi connectivity index (χ2v) is 6.15. The van der Waals surface area contributed by atoms with Crippen LogP contribution in [0.5, 0.6) is 0 Å². The summed E-state index contributed by atoms with van der Waals surface area (Å²) >= 11 is 0. The first-order valence-corrected chi connectivity index (χ1v) is 8.75. The van der Waals surface area contributed by atoms with E-state index in [-0.39, 0.29) is 24.0 Å². The van der Waals surface area contributed by atoms with Crippen LogP contribution in [0.2, 0.25) is 0 Å². The van der Waals surface area contributed by atoms with E-state index in [0.717, 1.165) is 36.8 Å². The van der Waals surface area contributed by atoms with Gasteiger partial charge in [0.2, 0.25) is 0 Å². The Bertz CT molecular complexity index is 546. The summed E-state index contributed by atoms with van der Waals surface area (Å²) in [7, 11) is 0. The molecule has 0 heterocycles. The van der Waals surface area contributed by atoms with Gasteiger partial charge in [-0.2, -0.15) is 13.2 Å². The van der Waals surface area contributed by atoms with Crippen molar-refractivity contribution in [1.29, 1.82) is 0 Å². The van der Waals surface area contributed by atoms with Crippen molar-refractivity contribution in [1.82, 2.24) is 10.6 Å². The Hall–Kier alpha value is -1.03. The maximum absolute atomic E-state index is 12.5. The van der Waals surface area contributed by atoms with Crippen LogP contribution in [0.15, 0.2) is 29.3 Å². The highest BCUT2D eigenvalue weighted by Crippen LogP contribution is 2.29. The predicted octanol–water partition coefficient (Wildman–Crippen LogP) is 3.85. The normalized spacial score (nSPS) is 14.7. The molecule has 1 aromatic carbocycles. The average molecular weight is 485 g/mol. The van der Waals surface area contributed by atoms with Crippen LogP contribution < -0.4 is 10.6 Å². The molecule has 0 unspecified atom stereocenters. The minimum atomic E-state index is -4.29. The van der Waals surface area contributed by atoms with Crippen molar-refractivity contribution in [2.24, 2.45) is 10.9 Å². The Kier molecular flexibility index (Phi) is 10.3. The summed E-state index contributed by atoms with van der Waals surface area (Å²) < 4.78 is 43.2. The Balaban J connectivity index is 0.00000338. The Morgan fingerprint density at radius 3 is 2.46 bits per heavy atom. The van der Waals surface area contributed by atoms with Gasteiger partial charge in [0.15, 0.2) is 5.96 Å². The third-order valence-corrected chi connectivity index (χ3v) is 3.89. The smallest absolute Gasteiger partial charge is 0.379 e. The molecule has 0 saturated heterocycles. The van der Waals surface area contributed by atoms with E-state index in [9.17, 15) is 13.2 Å². The molecular weight excluding hydrogens is 458 g/mol. The average Bonchev–Trinajstić information content (AvgIpc) is 3.38. The number of hydrogen-bond acceptors (Lipinski definition) is 2. The first-order chi connectivity index (χ1) is 12.0. The fourth-order valence-electron chi connectivity index (χ4n) is 2.28. The van der Waals surface area contributed by atoms with Gasteiger partial charge in [-0.3, -0.25) is 4.99 Å². The molecule has 0 bridgehead atoms. The molecule has 2 rings (SSSR count). The monoisotopic (exact) mass is 485 g/mol. The highest BCUT2D eigenvalue weighted by Gasteiger charge is 2.29. The topological polar surface area (TPSA) is 45.7 Å². The summed E-state index contributed by atoms with van der Waals surface area (Å²) in [5, 5.41) is 6.33. The van der Waals surface area contributed by atoms with Gasteiger partial charge in [0.25, 0.3) is 0 Å². The molecule has 0 radical (unpaired) electrons. The van der Waals surface area contributed by atoms with Gasteiger partial charge >= 0.3 is 6.18 Å². The summed E-state index contributed by atoms with van der Waals surface area (Å²) in [4.78, 5) is 4.43. The van der Waals surface area contributed by atoms with Crippen LogP contribution in [-0.4, -0.2) is 38.8 Å². The van der Waals surface area contributed by atoms with Crippen molar-refractivity contribution < 1.29 is 17.9 Å². The fourth-order valence-corrected chi connectivity index (χ4v) is 2.28. The Morgan fingerprint density at radius 2 is 1.88 bits per heavy atom. The molecule has 0 amide bonds. The highest BCUT2D eigenvalue weighted by molar-refractivity contribution is 14.0. The van der Waals surface area contributed by atoms with Crippen molar-refractivity contribution in [3.63, 3.8) is 0 Å². The number of halogens is 4. The lowest BCUT2D eigenvalue weighted by Crippen LogP contribution is -2.38. The minimum absolute atomic E-state index is 0. The van der Waals surface area contributed by atoms with Gasteiger partial charge in [-0.25, -0.2) is 0 Å². The van der Waals surface area contributed by atoms with Crippen LogP contribution in [-0.2, 0) is 17.3 Å². The van der Waals surface area contributed by atoms with E-state index < -0.39 is 11.7 Å². The molecule has 0 atom stereocenters. The third kappa shape index (κ3) is 9.07. The molecule has 0 aromatic heterocycles. The van der Waals surface area contributed by atoms with Crippen molar-refractivity contribution in [3.05, 3.63) is 35.4 Å². The van der Waals surface area contributed by atoms with Gasteiger partial charge in [0.05, 0.1) is 18.7 Å². The van der Waals surface area contributed by atoms with Gasteiger partial charge in [0, 0.05) is 19.7 Å². The van der Waals surface area contributed by atoms with E-state index in [0.29, 0.717) is 32.1 Å². The summed E-state index contributed by atoms with van der Waals surface area (Å²) in [5.41, 5.74) is 0.231. The molecule has 8 heteroatoms. The predicted molar refractivity (Wildman–Crippen MR) is 108 cm³/mol. The van der Waals surface area contributed by atoms with E-state index in [1.54, 1.807) is 0 Å². The van der Waals surface area contributed by atoms with E-state index >= 15 is 0 Å². The first kappa shape index (κ1) is 23.0. The van der Waals surface area contributed by atoms with Crippen molar-refractivity contribution in [2.45, 2.75) is 32.4 Å². The van der Waals surface area contributed by atoms with E-state index in [1.807, 2.05) is 6.92 Å². The molecule has 4 nitrogen and oxygen atoms in total. The lowest BCUT2D eigenvalue weighted by atomic mass is 10.1. The summed E-state index contributed by atoms with van der Waals surface area (Å²) in [6.07, 6.45) is -1.11. The van der Waals surface area contributed by atoms with Crippen molar-refractivity contribution >= 4 is 29.9 Å². The largest absolute Gasteiger partial charge is 0.416 e. The molecule has 1 aliphatic carbocycles. The number of nitrogens with zero attached hydrogens (tertiary/aromatic N) is 1. The Labute approximate surface area is 170 Å². The number of benzene rings is 1. The van der Waals surface area contributed by atoms with Crippen molar-refractivity contribution in [2.75, 3.05) is 32.8 Å². The number of rotatable bonds is 9. The SMILES string of the molecule is CCNC(=NCCOCC1CC1)NCCc1ccc(C(F)(F)F)cc1.I. The molecule has 26 heavy (non-hydrogen) atoms. The van der Waals surface area contributed by atoms with Crippen LogP contribution in [0.4, 0.5) is 13.2 Å². The number of ether oxygens (including phenoxy) is 1. The van der Waals surface area contributed by atoms with Crippen molar-refractivity contribution in [3.8, 4) is 0 Å². The summed E-state index contributed by atoms with van der Waals surface area (Å²) in [5.74, 6) is 1.45. The zero-order valence-corrected chi connectivity index (χ0v) is 17.3. The molecule has 148 valence electrons. The lowest BCUT2D eigenvalue weighted by Gasteiger charge is -2.12. The minimum Gasteiger partial charge on any atom is -0.379 e. The van der Waals surface area contributed by atoms with Crippen LogP contribution >= 0.6 is 24.0 Å². The molecule has 1 aromatic rings. The number of hydrogen-bond donors (Lipinski definition) is 2. The molecule has 0 aliphatic heterocycles. The van der Waals surface area contributed by atoms with Crippen LogP contribution in [0.1, 0.15) is 30.9 Å². The summed E-state index contributed by atoms with van der Waals surface area (Å²) in [6, 6.07) is 5.26. The zero-order valence-electron chi connectivity index (χ0n) is 14.9. The van der Waals surface area contributed by atoms with E-state index in [2.05, 4.69) is 15.6 Å². The second kappa shape index (κ2) is 11.6. The van der Waals surface area contributed by atoms with Gasteiger partial charge in [-0.15, -0.1) is 24.0 Å². The molecule has 1 saturated carbocycles. The maximum Gasteiger partial charge on any atom is 0.416 e. The van der Waals surface area contributed by atoms with E-state index in [4.69, 9.17) is 4.74 Å². The van der Waals surface area contributed by atoms with E-state index in [1.165, 1.54) is 25.0 Å². The van der Waals surface area contributed by atoms with Crippen LogP contribution in [0, 0.1) is 5.92 Å². The van der Waals surface area contributed by atoms with Crippen LogP contribution in [0.25, 0.3) is 0 Å². The third-order valence-electron chi connectivity index (χ3n) is 3.89. The van der Waals surface area contributed by atoms with Gasteiger partial charge < -0.3 is 15.4 Å². The zero-order chi connectivity index (χ0) is 18.1. The Morgan fingerprint density at radius 1 is 1.19 bits per heavy atom. The van der Waals surface area contributed by atoms with Crippen LogP contribution in [0.3, 0.4) is 0 Å².